The number of para-hydroxylation sites is 2. The first-order valence-electron chi connectivity index (χ1n) is 7.91. The number of hydrogen-bond donors (Lipinski definition) is 0. The molecule has 1 aromatic heterocycles. The molecule has 2 aromatic rings. The number of imidazole rings is 1. The summed E-state index contributed by atoms with van der Waals surface area (Å²) < 4.78 is 2.08. The molecule has 4 heteroatoms. The van der Waals surface area contributed by atoms with Crippen LogP contribution in [0.4, 0.5) is 0 Å². The Morgan fingerprint density at radius 1 is 1.38 bits per heavy atom. The SMILES string of the molecule is CCc1nc2ccccc2n1CC(=O)N1CCCC(C)C1. The monoisotopic (exact) mass is 285 g/mol. The van der Waals surface area contributed by atoms with Gasteiger partial charge in [-0.05, 0) is 30.9 Å². The van der Waals surface area contributed by atoms with Gasteiger partial charge in [-0.15, -0.1) is 0 Å². The van der Waals surface area contributed by atoms with E-state index in [1.807, 2.05) is 29.2 Å². The summed E-state index contributed by atoms with van der Waals surface area (Å²) in [4.78, 5) is 19.3. The number of fused-ring (bicyclic) bond motifs is 1. The minimum absolute atomic E-state index is 0.222. The van der Waals surface area contributed by atoms with Crippen molar-refractivity contribution in [3.8, 4) is 0 Å². The van der Waals surface area contributed by atoms with E-state index in [4.69, 9.17) is 0 Å². The first-order valence-corrected chi connectivity index (χ1v) is 7.91. The zero-order chi connectivity index (χ0) is 14.8. The summed E-state index contributed by atoms with van der Waals surface area (Å²) in [6, 6.07) is 8.06. The van der Waals surface area contributed by atoms with Gasteiger partial charge < -0.3 is 9.47 Å². The molecular weight excluding hydrogens is 262 g/mol. The van der Waals surface area contributed by atoms with Gasteiger partial charge in [-0.1, -0.05) is 26.0 Å². The molecule has 1 atom stereocenters. The zero-order valence-electron chi connectivity index (χ0n) is 12.9. The first-order chi connectivity index (χ1) is 10.2. The minimum Gasteiger partial charge on any atom is -0.341 e. The van der Waals surface area contributed by atoms with E-state index in [2.05, 4.69) is 23.4 Å². The number of likely N-dealkylation sites (tertiary alicyclic amines) is 1. The smallest absolute Gasteiger partial charge is 0.242 e. The molecule has 1 aliphatic rings. The molecule has 0 radical (unpaired) electrons. The van der Waals surface area contributed by atoms with Gasteiger partial charge in [0, 0.05) is 19.5 Å². The van der Waals surface area contributed by atoms with Crippen molar-refractivity contribution in [2.24, 2.45) is 5.92 Å². The molecule has 1 unspecified atom stereocenters. The zero-order valence-corrected chi connectivity index (χ0v) is 12.9. The van der Waals surface area contributed by atoms with Crippen LogP contribution in [0.3, 0.4) is 0 Å². The summed E-state index contributed by atoms with van der Waals surface area (Å²) in [5, 5.41) is 0. The van der Waals surface area contributed by atoms with Crippen molar-refractivity contribution in [1.82, 2.24) is 14.5 Å². The lowest BCUT2D eigenvalue weighted by atomic mass is 10.0. The van der Waals surface area contributed by atoms with E-state index in [0.29, 0.717) is 12.5 Å². The number of aromatic nitrogens is 2. The number of carbonyl (C=O) groups excluding carboxylic acids is 1. The van der Waals surface area contributed by atoms with Crippen LogP contribution in [-0.4, -0.2) is 33.4 Å². The molecule has 2 heterocycles. The molecule has 1 aromatic carbocycles. The average Bonchev–Trinajstić information content (AvgIpc) is 2.85. The molecule has 0 bridgehead atoms. The summed E-state index contributed by atoms with van der Waals surface area (Å²) in [6.45, 7) is 6.52. The van der Waals surface area contributed by atoms with Crippen LogP contribution in [-0.2, 0) is 17.8 Å². The highest BCUT2D eigenvalue weighted by molar-refractivity contribution is 5.81. The van der Waals surface area contributed by atoms with Gasteiger partial charge in [-0.2, -0.15) is 0 Å². The average molecular weight is 285 g/mol. The summed E-state index contributed by atoms with van der Waals surface area (Å²) >= 11 is 0. The Balaban J connectivity index is 1.85. The fourth-order valence-corrected chi connectivity index (χ4v) is 3.22. The van der Waals surface area contributed by atoms with Crippen molar-refractivity contribution in [3.63, 3.8) is 0 Å². The third kappa shape index (κ3) is 2.80. The van der Waals surface area contributed by atoms with E-state index < -0.39 is 0 Å². The van der Waals surface area contributed by atoms with E-state index in [-0.39, 0.29) is 5.91 Å². The predicted molar refractivity (Wildman–Crippen MR) is 84.1 cm³/mol. The Kier molecular flexibility index (Phi) is 3.95. The highest BCUT2D eigenvalue weighted by Crippen LogP contribution is 2.19. The third-order valence-corrected chi connectivity index (χ3v) is 4.35. The van der Waals surface area contributed by atoms with Gasteiger partial charge in [-0.3, -0.25) is 4.79 Å². The number of rotatable bonds is 3. The van der Waals surface area contributed by atoms with Crippen LogP contribution in [0.15, 0.2) is 24.3 Å². The molecule has 1 amide bonds. The molecule has 21 heavy (non-hydrogen) atoms. The lowest BCUT2D eigenvalue weighted by molar-refractivity contribution is -0.133. The lowest BCUT2D eigenvalue weighted by Crippen LogP contribution is -2.41. The molecule has 0 spiro atoms. The van der Waals surface area contributed by atoms with Crippen molar-refractivity contribution in [2.45, 2.75) is 39.7 Å². The van der Waals surface area contributed by atoms with Crippen molar-refractivity contribution < 1.29 is 4.79 Å². The fourth-order valence-electron chi connectivity index (χ4n) is 3.22. The third-order valence-electron chi connectivity index (χ3n) is 4.35. The first kappa shape index (κ1) is 14.1. The van der Waals surface area contributed by atoms with E-state index in [9.17, 15) is 4.79 Å². The Morgan fingerprint density at radius 2 is 2.19 bits per heavy atom. The topological polar surface area (TPSA) is 38.1 Å². The number of nitrogens with zero attached hydrogens (tertiary/aromatic N) is 3. The summed E-state index contributed by atoms with van der Waals surface area (Å²) in [5.74, 6) is 1.84. The highest BCUT2D eigenvalue weighted by Gasteiger charge is 2.22. The standard InChI is InChI=1S/C17H23N3O/c1-3-16-18-14-8-4-5-9-15(14)20(16)12-17(21)19-10-6-7-13(2)11-19/h4-5,8-9,13H,3,6-7,10-12H2,1-2H3. The Hall–Kier alpha value is -1.84. The highest BCUT2D eigenvalue weighted by atomic mass is 16.2. The van der Waals surface area contributed by atoms with Gasteiger partial charge in [-0.25, -0.2) is 4.98 Å². The molecule has 0 saturated carbocycles. The molecule has 1 aliphatic heterocycles. The second-order valence-electron chi connectivity index (χ2n) is 6.04. The minimum atomic E-state index is 0.222. The molecule has 1 saturated heterocycles. The Labute approximate surface area is 125 Å². The molecule has 0 aliphatic carbocycles. The van der Waals surface area contributed by atoms with Crippen molar-refractivity contribution in [3.05, 3.63) is 30.1 Å². The van der Waals surface area contributed by atoms with Crippen LogP contribution < -0.4 is 0 Å². The molecule has 3 rings (SSSR count). The molecular formula is C17H23N3O. The van der Waals surface area contributed by atoms with Gasteiger partial charge in [0.2, 0.25) is 5.91 Å². The number of aryl methyl sites for hydroxylation is 1. The van der Waals surface area contributed by atoms with E-state index in [0.717, 1.165) is 42.8 Å². The van der Waals surface area contributed by atoms with Crippen LogP contribution in [0.5, 0.6) is 0 Å². The predicted octanol–water partition coefficient (Wildman–Crippen LogP) is 2.86. The maximum Gasteiger partial charge on any atom is 0.242 e. The quantitative estimate of drug-likeness (QED) is 0.869. The normalized spacial score (nSPS) is 19.1. The fraction of sp³-hybridized carbons (Fsp3) is 0.529. The van der Waals surface area contributed by atoms with Crippen molar-refractivity contribution in [1.29, 1.82) is 0 Å². The van der Waals surface area contributed by atoms with Crippen molar-refractivity contribution >= 4 is 16.9 Å². The van der Waals surface area contributed by atoms with Gasteiger partial charge in [0.05, 0.1) is 11.0 Å². The van der Waals surface area contributed by atoms with Crippen LogP contribution in [0, 0.1) is 5.92 Å². The summed E-state index contributed by atoms with van der Waals surface area (Å²) in [6.07, 6.45) is 3.20. The number of hydrogen-bond acceptors (Lipinski definition) is 2. The summed E-state index contributed by atoms with van der Waals surface area (Å²) in [7, 11) is 0. The van der Waals surface area contributed by atoms with Crippen LogP contribution in [0.2, 0.25) is 0 Å². The number of carbonyl (C=O) groups is 1. The van der Waals surface area contributed by atoms with Crippen LogP contribution in [0.25, 0.3) is 11.0 Å². The van der Waals surface area contributed by atoms with E-state index in [1.54, 1.807) is 0 Å². The van der Waals surface area contributed by atoms with E-state index >= 15 is 0 Å². The second-order valence-corrected chi connectivity index (χ2v) is 6.04. The van der Waals surface area contributed by atoms with Crippen LogP contribution >= 0.6 is 0 Å². The molecule has 112 valence electrons. The largest absolute Gasteiger partial charge is 0.341 e. The van der Waals surface area contributed by atoms with Gasteiger partial charge in [0.25, 0.3) is 0 Å². The Bertz CT molecular complexity index is 647. The maximum absolute atomic E-state index is 12.6. The molecule has 4 nitrogen and oxygen atoms in total. The van der Waals surface area contributed by atoms with Gasteiger partial charge in [0.15, 0.2) is 0 Å². The molecule has 0 N–H and O–H groups in total. The number of benzene rings is 1. The number of piperidine rings is 1. The van der Waals surface area contributed by atoms with Gasteiger partial charge in [0.1, 0.15) is 12.4 Å². The number of amides is 1. The lowest BCUT2D eigenvalue weighted by Gasteiger charge is -2.31. The van der Waals surface area contributed by atoms with E-state index in [1.165, 1.54) is 6.42 Å². The maximum atomic E-state index is 12.6. The summed E-state index contributed by atoms with van der Waals surface area (Å²) in [5.41, 5.74) is 2.04. The van der Waals surface area contributed by atoms with Gasteiger partial charge >= 0.3 is 0 Å². The second kappa shape index (κ2) is 5.88. The molecule has 1 fully saturated rings. The van der Waals surface area contributed by atoms with Crippen molar-refractivity contribution in [2.75, 3.05) is 13.1 Å². The Morgan fingerprint density at radius 3 is 2.95 bits per heavy atom. The van der Waals surface area contributed by atoms with Crippen LogP contribution in [0.1, 0.15) is 32.5 Å².